The van der Waals surface area contributed by atoms with Gasteiger partial charge in [-0.3, -0.25) is 0 Å². The fourth-order valence-corrected chi connectivity index (χ4v) is 4.93. The van der Waals surface area contributed by atoms with Crippen LogP contribution in [0.4, 0.5) is 0 Å². The van der Waals surface area contributed by atoms with Crippen molar-refractivity contribution in [2.75, 3.05) is 6.54 Å². The quantitative estimate of drug-likeness (QED) is 0.369. The maximum Gasteiger partial charge on any atom is 0.0662 e. The summed E-state index contributed by atoms with van der Waals surface area (Å²) in [6.45, 7) is 0.710. The molecule has 4 aromatic rings. The van der Waals surface area contributed by atoms with E-state index in [1.54, 1.807) is 17.4 Å². The number of unbranched alkanes of at least 4 members (excludes halogenated alkanes) is 1. The number of aromatic nitrogens is 1. The molecule has 25 heavy (non-hydrogen) atoms. The van der Waals surface area contributed by atoms with Crippen LogP contribution in [0.3, 0.4) is 0 Å². The van der Waals surface area contributed by atoms with E-state index >= 15 is 0 Å². The zero-order valence-electron chi connectivity index (χ0n) is 13.6. The number of halogens is 2. The number of fused-ring (bicyclic) bond motifs is 2. The van der Waals surface area contributed by atoms with Gasteiger partial charge in [-0.2, -0.15) is 0 Å². The summed E-state index contributed by atoms with van der Waals surface area (Å²) >= 11 is 14.5. The molecule has 5 heteroatoms. The Balaban J connectivity index is 1.91. The summed E-state index contributed by atoms with van der Waals surface area (Å²) in [6.07, 6.45) is 3.01. The lowest BCUT2D eigenvalue weighted by Crippen LogP contribution is -1.99. The molecule has 2 aromatic heterocycles. The van der Waals surface area contributed by atoms with Gasteiger partial charge in [0.05, 0.1) is 21.1 Å². The van der Waals surface area contributed by atoms with E-state index in [9.17, 15) is 0 Å². The highest BCUT2D eigenvalue weighted by Gasteiger charge is 2.17. The number of H-pyrrole nitrogens is 1. The van der Waals surface area contributed by atoms with E-state index in [0.717, 1.165) is 35.9 Å². The van der Waals surface area contributed by atoms with Gasteiger partial charge in [0.2, 0.25) is 0 Å². The van der Waals surface area contributed by atoms with Gasteiger partial charge in [-0.25, -0.2) is 0 Å². The third-order valence-corrected chi connectivity index (χ3v) is 6.13. The molecular formula is C20H18Cl2N2S. The van der Waals surface area contributed by atoms with Gasteiger partial charge in [-0.05, 0) is 61.0 Å². The van der Waals surface area contributed by atoms with Gasteiger partial charge in [0.1, 0.15) is 0 Å². The molecule has 0 saturated heterocycles. The van der Waals surface area contributed by atoms with Crippen molar-refractivity contribution >= 4 is 55.5 Å². The molecule has 2 heterocycles. The lowest BCUT2D eigenvalue weighted by atomic mass is 10.0. The van der Waals surface area contributed by atoms with E-state index in [0.29, 0.717) is 16.6 Å². The Labute approximate surface area is 160 Å². The topological polar surface area (TPSA) is 41.8 Å². The molecule has 0 aliphatic heterocycles. The zero-order chi connectivity index (χ0) is 17.4. The van der Waals surface area contributed by atoms with Gasteiger partial charge in [-0.15, -0.1) is 11.3 Å². The first kappa shape index (κ1) is 16.9. The van der Waals surface area contributed by atoms with E-state index < -0.39 is 0 Å². The molecule has 128 valence electrons. The molecule has 0 spiro atoms. The van der Waals surface area contributed by atoms with Crippen molar-refractivity contribution < 1.29 is 0 Å². The number of hydrogen-bond acceptors (Lipinski definition) is 2. The second kappa shape index (κ2) is 7.00. The predicted molar refractivity (Wildman–Crippen MR) is 111 cm³/mol. The Morgan fingerprint density at radius 2 is 1.88 bits per heavy atom. The predicted octanol–water partition coefficient (Wildman–Crippen LogP) is 6.64. The molecule has 0 bridgehead atoms. The summed E-state index contributed by atoms with van der Waals surface area (Å²) in [4.78, 5) is 4.78. The van der Waals surface area contributed by atoms with Crippen LogP contribution in [-0.4, -0.2) is 11.5 Å². The minimum Gasteiger partial charge on any atom is -0.352 e. The number of aromatic amines is 1. The molecule has 0 fully saturated rings. The first-order valence-corrected chi connectivity index (χ1v) is 9.93. The summed E-state index contributed by atoms with van der Waals surface area (Å²) in [6, 6.07) is 14.5. The van der Waals surface area contributed by atoms with Crippen molar-refractivity contribution in [1.29, 1.82) is 0 Å². The van der Waals surface area contributed by atoms with Crippen molar-refractivity contribution in [3.63, 3.8) is 0 Å². The third kappa shape index (κ3) is 3.18. The van der Waals surface area contributed by atoms with Crippen molar-refractivity contribution in [3.05, 3.63) is 58.1 Å². The third-order valence-electron chi connectivity index (χ3n) is 4.48. The highest BCUT2D eigenvalue weighted by atomic mass is 35.5. The van der Waals surface area contributed by atoms with Gasteiger partial charge < -0.3 is 10.7 Å². The lowest BCUT2D eigenvalue weighted by molar-refractivity contribution is 0.748. The Kier molecular flexibility index (Phi) is 4.74. The normalized spacial score (nSPS) is 11.6. The van der Waals surface area contributed by atoms with Crippen LogP contribution < -0.4 is 5.73 Å². The van der Waals surface area contributed by atoms with Gasteiger partial charge in [0.15, 0.2) is 0 Å². The summed E-state index contributed by atoms with van der Waals surface area (Å²) in [5.41, 5.74) is 9.07. The molecule has 0 amide bonds. The van der Waals surface area contributed by atoms with Crippen LogP contribution in [0, 0.1) is 0 Å². The Hall–Kier alpha value is -1.52. The molecule has 0 unspecified atom stereocenters. The van der Waals surface area contributed by atoms with Crippen molar-refractivity contribution in [1.82, 2.24) is 4.98 Å². The molecule has 0 atom stereocenters. The highest BCUT2D eigenvalue weighted by molar-refractivity contribution is 7.22. The van der Waals surface area contributed by atoms with Crippen LogP contribution >= 0.6 is 34.5 Å². The molecule has 4 rings (SSSR count). The van der Waals surface area contributed by atoms with Crippen LogP contribution in [0.25, 0.3) is 31.6 Å². The van der Waals surface area contributed by atoms with Crippen LogP contribution in [0.2, 0.25) is 10.0 Å². The first-order chi connectivity index (χ1) is 12.2. The van der Waals surface area contributed by atoms with E-state index in [1.165, 1.54) is 20.5 Å². The van der Waals surface area contributed by atoms with Gasteiger partial charge in [-0.1, -0.05) is 41.4 Å². The van der Waals surface area contributed by atoms with Crippen molar-refractivity contribution in [2.45, 2.75) is 19.3 Å². The molecule has 2 aromatic carbocycles. The fraction of sp³-hybridized carbons (Fsp3) is 0.200. The Morgan fingerprint density at radius 1 is 1.04 bits per heavy atom. The van der Waals surface area contributed by atoms with Crippen molar-refractivity contribution in [2.24, 2.45) is 5.73 Å². The SMILES string of the molecule is NCCCCc1c(-c2cc3ccccc3s2)[nH]c2c(Cl)cc(Cl)cc12. The number of nitrogens with one attached hydrogen (secondary N) is 1. The maximum atomic E-state index is 6.44. The second-order valence-electron chi connectivity index (χ2n) is 6.18. The van der Waals surface area contributed by atoms with E-state index in [-0.39, 0.29) is 0 Å². The molecule has 0 radical (unpaired) electrons. The maximum absolute atomic E-state index is 6.44. The second-order valence-corrected chi connectivity index (χ2v) is 8.11. The molecule has 2 nitrogen and oxygen atoms in total. The number of aryl methyl sites for hydroxylation is 1. The number of rotatable bonds is 5. The van der Waals surface area contributed by atoms with Crippen LogP contribution in [0.1, 0.15) is 18.4 Å². The Bertz CT molecular complexity index is 1020. The number of hydrogen-bond donors (Lipinski definition) is 2. The molecular weight excluding hydrogens is 371 g/mol. The van der Waals surface area contributed by atoms with Gasteiger partial charge in [0, 0.05) is 15.1 Å². The molecule has 0 saturated carbocycles. The van der Waals surface area contributed by atoms with Crippen molar-refractivity contribution in [3.8, 4) is 10.6 Å². The number of benzene rings is 2. The smallest absolute Gasteiger partial charge is 0.0662 e. The van der Waals surface area contributed by atoms with Gasteiger partial charge >= 0.3 is 0 Å². The molecule has 0 aliphatic rings. The fourth-order valence-electron chi connectivity index (χ4n) is 3.29. The average Bonchev–Trinajstić information content (AvgIpc) is 3.17. The van der Waals surface area contributed by atoms with Crippen LogP contribution in [0.15, 0.2) is 42.5 Å². The summed E-state index contributed by atoms with van der Waals surface area (Å²) in [7, 11) is 0. The first-order valence-electron chi connectivity index (χ1n) is 8.36. The standard InChI is InChI=1S/C20H18Cl2N2S/c21-13-10-15-14(6-3-4-8-23)20(24-19(15)16(22)11-13)18-9-12-5-1-2-7-17(12)25-18/h1-2,5,7,9-11,24H,3-4,6,8,23H2. The van der Waals surface area contributed by atoms with Gasteiger partial charge in [0.25, 0.3) is 0 Å². The zero-order valence-corrected chi connectivity index (χ0v) is 15.9. The average molecular weight is 389 g/mol. The summed E-state index contributed by atoms with van der Waals surface area (Å²) < 4.78 is 1.29. The van der Waals surface area contributed by atoms with E-state index in [2.05, 4.69) is 35.3 Å². The Morgan fingerprint density at radius 3 is 2.68 bits per heavy atom. The minimum atomic E-state index is 0.662. The lowest BCUT2D eigenvalue weighted by Gasteiger charge is -2.03. The molecule has 0 aliphatic carbocycles. The van der Waals surface area contributed by atoms with E-state index in [4.69, 9.17) is 28.9 Å². The molecule has 3 N–H and O–H groups in total. The van der Waals surface area contributed by atoms with E-state index in [1.807, 2.05) is 6.07 Å². The number of thiophene rings is 1. The number of nitrogens with two attached hydrogens (primary N) is 1. The highest BCUT2D eigenvalue weighted by Crippen LogP contribution is 2.40. The summed E-state index contributed by atoms with van der Waals surface area (Å²) in [5.74, 6) is 0. The largest absolute Gasteiger partial charge is 0.352 e. The minimum absolute atomic E-state index is 0.662. The monoisotopic (exact) mass is 388 g/mol. The van der Waals surface area contributed by atoms with Crippen LogP contribution in [-0.2, 0) is 6.42 Å². The summed E-state index contributed by atoms with van der Waals surface area (Å²) in [5, 5.41) is 3.70. The van der Waals surface area contributed by atoms with Crippen LogP contribution in [0.5, 0.6) is 0 Å².